The van der Waals surface area contributed by atoms with E-state index in [1.165, 1.54) is 16.5 Å². The molecule has 0 rings (SSSR count). The number of hydrogen-bond acceptors (Lipinski definition) is 0. The van der Waals surface area contributed by atoms with E-state index in [2.05, 4.69) is 43.6 Å². The van der Waals surface area contributed by atoms with Crippen LogP contribution in [-0.2, 0) is 0 Å². The second-order valence-corrected chi connectivity index (χ2v) is 4.09. The summed E-state index contributed by atoms with van der Waals surface area (Å²) in [6.07, 6.45) is 2.34. The van der Waals surface area contributed by atoms with Crippen molar-refractivity contribution in [1.29, 1.82) is 0 Å². The van der Waals surface area contributed by atoms with Crippen molar-refractivity contribution in [3.63, 3.8) is 0 Å². The standard InChI is InChI=1S/C9H17Br/c1-5-8(4)9(10)6-7(2)3/h7H,5-6H2,1-4H3. The molecule has 0 aromatic rings. The molecule has 0 heterocycles. The monoisotopic (exact) mass is 204 g/mol. The van der Waals surface area contributed by atoms with Crippen molar-refractivity contribution < 1.29 is 0 Å². The van der Waals surface area contributed by atoms with E-state index < -0.39 is 0 Å². The molecule has 0 aliphatic carbocycles. The third-order valence-corrected chi connectivity index (χ3v) is 2.58. The lowest BCUT2D eigenvalue weighted by Crippen LogP contribution is -1.88. The predicted molar refractivity (Wildman–Crippen MR) is 51.4 cm³/mol. The van der Waals surface area contributed by atoms with Crippen LogP contribution >= 0.6 is 15.9 Å². The second kappa shape index (κ2) is 4.95. The molecule has 10 heavy (non-hydrogen) atoms. The Morgan fingerprint density at radius 3 is 2.20 bits per heavy atom. The van der Waals surface area contributed by atoms with Gasteiger partial charge in [-0.05, 0) is 30.2 Å². The van der Waals surface area contributed by atoms with Gasteiger partial charge in [-0.2, -0.15) is 0 Å². The van der Waals surface area contributed by atoms with Gasteiger partial charge in [-0.25, -0.2) is 0 Å². The maximum atomic E-state index is 3.58. The Hall–Kier alpha value is 0.220. The van der Waals surface area contributed by atoms with E-state index >= 15 is 0 Å². The Morgan fingerprint density at radius 2 is 1.90 bits per heavy atom. The number of hydrogen-bond donors (Lipinski definition) is 0. The summed E-state index contributed by atoms with van der Waals surface area (Å²) in [6, 6.07) is 0. The van der Waals surface area contributed by atoms with Crippen LogP contribution in [0.15, 0.2) is 10.1 Å². The van der Waals surface area contributed by atoms with Crippen LogP contribution in [0.25, 0.3) is 0 Å². The fourth-order valence-electron chi connectivity index (χ4n) is 0.724. The zero-order valence-electron chi connectivity index (χ0n) is 7.37. The zero-order valence-corrected chi connectivity index (χ0v) is 8.96. The molecule has 0 fully saturated rings. The summed E-state index contributed by atoms with van der Waals surface area (Å²) in [5.74, 6) is 0.760. The van der Waals surface area contributed by atoms with Crippen LogP contribution in [-0.4, -0.2) is 0 Å². The van der Waals surface area contributed by atoms with Crippen molar-refractivity contribution in [2.75, 3.05) is 0 Å². The maximum absolute atomic E-state index is 3.58. The molecular weight excluding hydrogens is 188 g/mol. The quantitative estimate of drug-likeness (QED) is 0.650. The molecule has 0 spiro atoms. The van der Waals surface area contributed by atoms with E-state index in [4.69, 9.17) is 0 Å². The molecular formula is C9H17Br. The molecule has 0 aliphatic rings. The highest BCUT2D eigenvalue weighted by Crippen LogP contribution is 2.22. The van der Waals surface area contributed by atoms with Crippen molar-refractivity contribution in [3.8, 4) is 0 Å². The van der Waals surface area contributed by atoms with Gasteiger partial charge in [0, 0.05) is 0 Å². The van der Waals surface area contributed by atoms with Gasteiger partial charge in [0.2, 0.25) is 0 Å². The van der Waals surface area contributed by atoms with Crippen molar-refractivity contribution in [3.05, 3.63) is 10.1 Å². The molecule has 0 nitrogen and oxygen atoms in total. The zero-order chi connectivity index (χ0) is 8.15. The molecule has 0 radical (unpaired) electrons. The smallest absolute Gasteiger partial charge is 0.00577 e. The van der Waals surface area contributed by atoms with Crippen molar-refractivity contribution in [1.82, 2.24) is 0 Å². The Balaban J connectivity index is 3.92. The van der Waals surface area contributed by atoms with Crippen LogP contribution in [0.4, 0.5) is 0 Å². The third kappa shape index (κ3) is 4.10. The lowest BCUT2D eigenvalue weighted by Gasteiger charge is -2.06. The normalized spacial score (nSPS) is 13.8. The lowest BCUT2D eigenvalue weighted by atomic mass is 10.1. The van der Waals surface area contributed by atoms with Gasteiger partial charge in [0.05, 0.1) is 0 Å². The molecule has 0 amide bonds. The predicted octanol–water partition coefficient (Wildman–Crippen LogP) is 4.11. The molecule has 60 valence electrons. The molecule has 0 bridgehead atoms. The molecule has 0 aromatic carbocycles. The van der Waals surface area contributed by atoms with Gasteiger partial charge in [0.1, 0.15) is 0 Å². The van der Waals surface area contributed by atoms with E-state index in [0.29, 0.717) is 0 Å². The number of rotatable bonds is 3. The summed E-state index contributed by atoms with van der Waals surface area (Å²) < 4.78 is 1.39. The van der Waals surface area contributed by atoms with Gasteiger partial charge in [0.25, 0.3) is 0 Å². The molecule has 0 aliphatic heterocycles. The average molecular weight is 205 g/mol. The number of halogens is 1. The highest BCUT2D eigenvalue weighted by atomic mass is 79.9. The summed E-state index contributed by atoms with van der Waals surface area (Å²) >= 11 is 3.58. The Kier molecular flexibility index (Phi) is 5.06. The van der Waals surface area contributed by atoms with Gasteiger partial charge in [0.15, 0.2) is 0 Å². The van der Waals surface area contributed by atoms with Crippen molar-refractivity contribution in [2.24, 2.45) is 5.92 Å². The summed E-state index contributed by atoms with van der Waals surface area (Å²) in [5.41, 5.74) is 1.48. The molecule has 0 saturated heterocycles. The summed E-state index contributed by atoms with van der Waals surface area (Å²) in [6.45, 7) is 8.86. The minimum atomic E-state index is 0.760. The minimum Gasteiger partial charge on any atom is -0.0635 e. The Bertz CT molecular complexity index is 123. The second-order valence-electron chi connectivity index (χ2n) is 3.14. The minimum absolute atomic E-state index is 0.760. The third-order valence-electron chi connectivity index (χ3n) is 1.58. The van der Waals surface area contributed by atoms with E-state index in [1.807, 2.05) is 0 Å². The highest BCUT2D eigenvalue weighted by Gasteiger charge is 1.99. The summed E-state index contributed by atoms with van der Waals surface area (Å²) in [5, 5.41) is 0. The molecule has 0 aromatic heterocycles. The van der Waals surface area contributed by atoms with Gasteiger partial charge < -0.3 is 0 Å². The van der Waals surface area contributed by atoms with Gasteiger partial charge in [-0.15, -0.1) is 0 Å². The Morgan fingerprint density at radius 1 is 1.40 bits per heavy atom. The maximum Gasteiger partial charge on any atom is -0.00577 e. The highest BCUT2D eigenvalue weighted by molar-refractivity contribution is 9.11. The molecule has 0 saturated carbocycles. The fourth-order valence-corrected chi connectivity index (χ4v) is 1.65. The molecule has 1 heteroatoms. The van der Waals surface area contributed by atoms with Crippen LogP contribution in [0.3, 0.4) is 0 Å². The first-order chi connectivity index (χ1) is 4.57. The Labute approximate surface area is 72.8 Å². The summed E-state index contributed by atoms with van der Waals surface area (Å²) in [7, 11) is 0. The van der Waals surface area contributed by atoms with Crippen LogP contribution in [0.5, 0.6) is 0 Å². The van der Waals surface area contributed by atoms with E-state index in [1.54, 1.807) is 0 Å². The van der Waals surface area contributed by atoms with Gasteiger partial charge >= 0.3 is 0 Å². The van der Waals surface area contributed by atoms with Crippen LogP contribution < -0.4 is 0 Å². The first-order valence-corrected chi connectivity index (χ1v) is 4.71. The van der Waals surface area contributed by atoms with E-state index in [0.717, 1.165) is 12.3 Å². The van der Waals surface area contributed by atoms with E-state index in [-0.39, 0.29) is 0 Å². The van der Waals surface area contributed by atoms with Crippen molar-refractivity contribution >= 4 is 15.9 Å². The number of allylic oxidation sites excluding steroid dienone is 2. The summed E-state index contributed by atoms with van der Waals surface area (Å²) in [4.78, 5) is 0. The van der Waals surface area contributed by atoms with Gasteiger partial charge in [-0.3, -0.25) is 0 Å². The first kappa shape index (κ1) is 10.2. The topological polar surface area (TPSA) is 0 Å². The van der Waals surface area contributed by atoms with E-state index in [9.17, 15) is 0 Å². The lowest BCUT2D eigenvalue weighted by molar-refractivity contribution is 0.655. The fraction of sp³-hybridized carbons (Fsp3) is 0.778. The molecule has 0 atom stereocenters. The van der Waals surface area contributed by atoms with Crippen molar-refractivity contribution in [2.45, 2.75) is 40.5 Å². The SMILES string of the molecule is CCC(C)=C(Br)CC(C)C. The van der Waals surface area contributed by atoms with Crippen LogP contribution in [0, 0.1) is 5.92 Å². The average Bonchev–Trinajstić information content (AvgIpc) is 1.85. The molecule has 0 N–H and O–H groups in total. The van der Waals surface area contributed by atoms with Crippen LogP contribution in [0.1, 0.15) is 40.5 Å². The molecule has 0 unspecified atom stereocenters. The largest absolute Gasteiger partial charge is 0.0635 e. The van der Waals surface area contributed by atoms with Crippen LogP contribution in [0.2, 0.25) is 0 Å². The first-order valence-electron chi connectivity index (χ1n) is 3.92. The van der Waals surface area contributed by atoms with Gasteiger partial charge in [-0.1, -0.05) is 42.3 Å².